The molecule has 4 heteroatoms. The highest BCUT2D eigenvalue weighted by Gasteiger charge is 2.15. The van der Waals surface area contributed by atoms with Gasteiger partial charge in [-0.05, 0) is 32.9 Å². The van der Waals surface area contributed by atoms with Gasteiger partial charge in [0.25, 0.3) is 0 Å². The van der Waals surface area contributed by atoms with E-state index in [-0.39, 0.29) is 12.1 Å². The maximum absolute atomic E-state index is 5.91. The second-order valence-corrected chi connectivity index (χ2v) is 5.43. The van der Waals surface area contributed by atoms with Gasteiger partial charge in [0, 0.05) is 29.7 Å². The summed E-state index contributed by atoms with van der Waals surface area (Å²) in [6.45, 7) is 7.26. The van der Waals surface area contributed by atoms with Gasteiger partial charge in [-0.25, -0.2) is 0 Å². The minimum atomic E-state index is 0.150. The van der Waals surface area contributed by atoms with Gasteiger partial charge in [0.2, 0.25) is 0 Å². The number of fused-ring (bicyclic) bond motifs is 1. The standard InChI is InChI=1S/C17H21N3O/c1-4-20-11-15(10-18-20)12(2)19-13(3)17-9-14-7-5-6-8-16(14)21-17/h5-13,19H,4H2,1-3H3. The summed E-state index contributed by atoms with van der Waals surface area (Å²) in [5, 5.41) is 9.03. The van der Waals surface area contributed by atoms with E-state index in [1.807, 2.05) is 29.1 Å². The molecule has 2 unspecified atom stereocenters. The van der Waals surface area contributed by atoms with Crippen molar-refractivity contribution in [2.24, 2.45) is 0 Å². The molecule has 2 aromatic heterocycles. The van der Waals surface area contributed by atoms with Gasteiger partial charge in [0.15, 0.2) is 0 Å². The quantitative estimate of drug-likeness (QED) is 0.768. The van der Waals surface area contributed by atoms with Gasteiger partial charge in [-0.1, -0.05) is 18.2 Å². The molecule has 0 saturated heterocycles. The summed E-state index contributed by atoms with van der Waals surface area (Å²) < 4.78 is 7.85. The van der Waals surface area contributed by atoms with Crippen LogP contribution in [-0.4, -0.2) is 9.78 Å². The minimum absolute atomic E-state index is 0.150. The molecule has 0 spiro atoms. The fourth-order valence-electron chi connectivity index (χ4n) is 2.55. The van der Waals surface area contributed by atoms with Crippen LogP contribution in [0.15, 0.2) is 47.1 Å². The summed E-state index contributed by atoms with van der Waals surface area (Å²) in [5.41, 5.74) is 2.13. The SMILES string of the molecule is CCn1cc(C(C)NC(C)c2cc3ccccc3o2)cn1. The van der Waals surface area contributed by atoms with Crippen LogP contribution in [-0.2, 0) is 6.54 Å². The van der Waals surface area contributed by atoms with Crippen molar-refractivity contribution in [2.75, 3.05) is 0 Å². The molecule has 3 aromatic rings. The normalized spacial score (nSPS) is 14.4. The highest BCUT2D eigenvalue weighted by molar-refractivity contribution is 5.77. The van der Waals surface area contributed by atoms with Crippen molar-refractivity contribution < 1.29 is 4.42 Å². The first kappa shape index (κ1) is 13.9. The largest absolute Gasteiger partial charge is 0.459 e. The predicted octanol–water partition coefficient (Wildman–Crippen LogP) is 4.06. The number of furan rings is 1. The number of aryl methyl sites for hydroxylation is 1. The first-order chi connectivity index (χ1) is 10.2. The molecule has 3 rings (SSSR count). The second-order valence-electron chi connectivity index (χ2n) is 5.43. The van der Waals surface area contributed by atoms with Crippen molar-refractivity contribution in [1.29, 1.82) is 0 Å². The zero-order valence-electron chi connectivity index (χ0n) is 12.7. The maximum Gasteiger partial charge on any atom is 0.134 e. The highest BCUT2D eigenvalue weighted by Crippen LogP contribution is 2.25. The molecule has 2 atom stereocenters. The van der Waals surface area contributed by atoms with Gasteiger partial charge in [-0.15, -0.1) is 0 Å². The summed E-state index contributed by atoms with van der Waals surface area (Å²) in [4.78, 5) is 0. The number of benzene rings is 1. The predicted molar refractivity (Wildman–Crippen MR) is 84.1 cm³/mol. The van der Waals surface area contributed by atoms with Crippen molar-refractivity contribution in [2.45, 2.75) is 39.4 Å². The van der Waals surface area contributed by atoms with Crippen LogP contribution < -0.4 is 5.32 Å². The minimum Gasteiger partial charge on any atom is -0.459 e. The molecule has 0 radical (unpaired) electrons. The number of hydrogen-bond donors (Lipinski definition) is 1. The molecule has 0 fully saturated rings. The van der Waals surface area contributed by atoms with Gasteiger partial charge < -0.3 is 9.73 Å². The molecule has 0 aliphatic rings. The Labute approximate surface area is 124 Å². The van der Waals surface area contributed by atoms with Crippen LogP contribution in [0.1, 0.15) is 44.2 Å². The zero-order chi connectivity index (χ0) is 14.8. The third-order valence-electron chi connectivity index (χ3n) is 3.85. The van der Waals surface area contributed by atoms with Crippen LogP contribution in [0, 0.1) is 0 Å². The molecule has 1 N–H and O–H groups in total. The summed E-state index contributed by atoms with van der Waals surface area (Å²) in [5.74, 6) is 0.964. The molecule has 0 bridgehead atoms. The van der Waals surface area contributed by atoms with E-state index in [2.05, 4.69) is 49.5 Å². The lowest BCUT2D eigenvalue weighted by atomic mass is 10.1. The van der Waals surface area contributed by atoms with Gasteiger partial charge >= 0.3 is 0 Å². The molecular formula is C17H21N3O. The van der Waals surface area contributed by atoms with Crippen LogP contribution in [0.4, 0.5) is 0 Å². The van der Waals surface area contributed by atoms with E-state index in [4.69, 9.17) is 4.42 Å². The van der Waals surface area contributed by atoms with Crippen LogP contribution in [0.3, 0.4) is 0 Å². The topological polar surface area (TPSA) is 43.0 Å². The number of nitrogens with zero attached hydrogens (tertiary/aromatic N) is 2. The summed E-state index contributed by atoms with van der Waals surface area (Å²) >= 11 is 0. The molecule has 1 aromatic carbocycles. The van der Waals surface area contributed by atoms with Gasteiger partial charge in [0.1, 0.15) is 11.3 Å². The van der Waals surface area contributed by atoms with Gasteiger partial charge in [-0.3, -0.25) is 4.68 Å². The summed E-state index contributed by atoms with van der Waals surface area (Å²) in [6.07, 6.45) is 4.01. The molecule has 4 nitrogen and oxygen atoms in total. The average molecular weight is 283 g/mol. The lowest BCUT2D eigenvalue weighted by Crippen LogP contribution is -2.21. The maximum atomic E-state index is 5.91. The Morgan fingerprint density at radius 1 is 1.24 bits per heavy atom. The van der Waals surface area contributed by atoms with E-state index in [1.54, 1.807) is 0 Å². The Hall–Kier alpha value is -2.07. The number of nitrogens with one attached hydrogen (secondary N) is 1. The van der Waals surface area contributed by atoms with Gasteiger partial charge in [0.05, 0.1) is 12.2 Å². The first-order valence-corrected chi connectivity index (χ1v) is 7.44. The van der Waals surface area contributed by atoms with Crippen molar-refractivity contribution in [3.8, 4) is 0 Å². The Bertz CT molecular complexity index is 695. The number of aromatic nitrogens is 2. The third-order valence-corrected chi connectivity index (χ3v) is 3.85. The number of para-hydroxylation sites is 1. The molecule has 0 saturated carbocycles. The molecule has 2 heterocycles. The fourth-order valence-corrected chi connectivity index (χ4v) is 2.55. The van der Waals surface area contributed by atoms with Crippen molar-refractivity contribution in [1.82, 2.24) is 15.1 Å². The van der Waals surface area contributed by atoms with E-state index in [9.17, 15) is 0 Å². The monoisotopic (exact) mass is 283 g/mol. The van der Waals surface area contributed by atoms with E-state index < -0.39 is 0 Å². The number of rotatable bonds is 5. The Kier molecular flexibility index (Phi) is 3.80. The summed E-state index contributed by atoms with van der Waals surface area (Å²) in [6, 6.07) is 10.6. The van der Waals surface area contributed by atoms with E-state index in [0.717, 1.165) is 23.3 Å². The molecular weight excluding hydrogens is 262 g/mol. The van der Waals surface area contributed by atoms with Crippen LogP contribution in [0.2, 0.25) is 0 Å². The smallest absolute Gasteiger partial charge is 0.134 e. The fraction of sp³-hybridized carbons (Fsp3) is 0.353. The van der Waals surface area contributed by atoms with E-state index >= 15 is 0 Å². The number of hydrogen-bond acceptors (Lipinski definition) is 3. The molecule has 21 heavy (non-hydrogen) atoms. The molecule has 0 aliphatic heterocycles. The first-order valence-electron chi connectivity index (χ1n) is 7.44. The van der Waals surface area contributed by atoms with E-state index in [1.165, 1.54) is 5.56 Å². The van der Waals surface area contributed by atoms with Crippen LogP contribution >= 0.6 is 0 Å². The zero-order valence-corrected chi connectivity index (χ0v) is 12.7. The summed E-state index contributed by atoms with van der Waals surface area (Å²) in [7, 11) is 0. The Balaban J connectivity index is 1.74. The average Bonchev–Trinajstić information content (AvgIpc) is 3.13. The Morgan fingerprint density at radius 3 is 2.76 bits per heavy atom. The van der Waals surface area contributed by atoms with Crippen molar-refractivity contribution >= 4 is 11.0 Å². The third kappa shape index (κ3) is 2.85. The van der Waals surface area contributed by atoms with Crippen molar-refractivity contribution in [3.63, 3.8) is 0 Å². The lowest BCUT2D eigenvalue weighted by molar-refractivity contribution is 0.417. The van der Waals surface area contributed by atoms with Crippen LogP contribution in [0.5, 0.6) is 0 Å². The molecule has 110 valence electrons. The molecule has 0 amide bonds. The Morgan fingerprint density at radius 2 is 2.05 bits per heavy atom. The van der Waals surface area contributed by atoms with Crippen LogP contribution in [0.25, 0.3) is 11.0 Å². The van der Waals surface area contributed by atoms with E-state index in [0.29, 0.717) is 0 Å². The lowest BCUT2D eigenvalue weighted by Gasteiger charge is -2.17. The van der Waals surface area contributed by atoms with Gasteiger partial charge in [-0.2, -0.15) is 5.10 Å². The second kappa shape index (κ2) is 5.74. The highest BCUT2D eigenvalue weighted by atomic mass is 16.3. The molecule has 0 aliphatic carbocycles. The van der Waals surface area contributed by atoms with Crippen molar-refractivity contribution in [3.05, 3.63) is 54.0 Å².